The summed E-state index contributed by atoms with van der Waals surface area (Å²) in [6, 6.07) is 7.36. The molecular formula is C12H11N3O3. The normalized spacial score (nSPS) is 10.1. The molecule has 92 valence electrons. The van der Waals surface area contributed by atoms with Crippen LogP contribution in [0, 0.1) is 6.92 Å². The van der Waals surface area contributed by atoms with Gasteiger partial charge >= 0.3 is 0 Å². The highest BCUT2D eigenvalue weighted by Gasteiger charge is 2.11. The van der Waals surface area contributed by atoms with E-state index >= 15 is 0 Å². The van der Waals surface area contributed by atoms with Gasteiger partial charge in [-0.2, -0.15) is 5.10 Å². The van der Waals surface area contributed by atoms with Gasteiger partial charge in [-0.05, 0) is 30.7 Å². The van der Waals surface area contributed by atoms with Crippen molar-refractivity contribution in [1.29, 1.82) is 0 Å². The summed E-state index contributed by atoms with van der Waals surface area (Å²) in [5.41, 5.74) is 0.644. The quantitative estimate of drug-likeness (QED) is 0.736. The molecule has 6 heteroatoms. The van der Waals surface area contributed by atoms with Crippen LogP contribution >= 0.6 is 0 Å². The molecule has 0 aliphatic heterocycles. The van der Waals surface area contributed by atoms with Gasteiger partial charge in [-0.15, -0.1) is 0 Å². The van der Waals surface area contributed by atoms with Crippen LogP contribution in [0.15, 0.2) is 35.1 Å². The number of nitrogens with zero attached hydrogens (tertiary/aromatic N) is 1. The lowest BCUT2D eigenvalue weighted by Crippen LogP contribution is -2.15. The van der Waals surface area contributed by atoms with Crippen molar-refractivity contribution in [2.75, 3.05) is 5.32 Å². The Labute approximate surface area is 102 Å². The number of anilines is 1. The molecule has 0 aliphatic rings. The first kappa shape index (κ1) is 11.8. The SMILES string of the molecule is Cc1ccc(C(=O)Nc2ccc(=O)[nH]n2)c(O)c1. The van der Waals surface area contributed by atoms with Crippen LogP contribution < -0.4 is 10.9 Å². The van der Waals surface area contributed by atoms with Crippen molar-refractivity contribution in [1.82, 2.24) is 10.2 Å². The Hall–Kier alpha value is -2.63. The lowest BCUT2D eigenvalue weighted by molar-refractivity contribution is 0.102. The number of phenols is 1. The predicted molar refractivity (Wildman–Crippen MR) is 65.7 cm³/mol. The van der Waals surface area contributed by atoms with Gasteiger partial charge < -0.3 is 10.4 Å². The van der Waals surface area contributed by atoms with E-state index in [2.05, 4.69) is 15.5 Å². The first-order chi connectivity index (χ1) is 8.56. The molecule has 0 atom stereocenters. The summed E-state index contributed by atoms with van der Waals surface area (Å²) in [6.45, 7) is 1.81. The topological polar surface area (TPSA) is 95.1 Å². The summed E-state index contributed by atoms with van der Waals surface area (Å²) in [5, 5.41) is 17.9. The lowest BCUT2D eigenvalue weighted by atomic mass is 10.1. The van der Waals surface area contributed by atoms with Crippen molar-refractivity contribution in [3.8, 4) is 5.75 Å². The van der Waals surface area contributed by atoms with Gasteiger partial charge in [-0.3, -0.25) is 9.59 Å². The zero-order valence-electron chi connectivity index (χ0n) is 9.60. The van der Waals surface area contributed by atoms with Crippen molar-refractivity contribution in [2.24, 2.45) is 0 Å². The predicted octanol–water partition coefficient (Wildman–Crippen LogP) is 1.04. The van der Waals surface area contributed by atoms with Crippen LogP contribution in [0.1, 0.15) is 15.9 Å². The van der Waals surface area contributed by atoms with Crippen molar-refractivity contribution in [3.63, 3.8) is 0 Å². The van der Waals surface area contributed by atoms with Crippen LogP contribution in [0.25, 0.3) is 0 Å². The van der Waals surface area contributed by atoms with Gasteiger partial charge in [0.25, 0.3) is 11.5 Å². The second-order valence-electron chi connectivity index (χ2n) is 3.78. The molecular weight excluding hydrogens is 234 g/mol. The van der Waals surface area contributed by atoms with Gasteiger partial charge in [0.2, 0.25) is 0 Å². The number of benzene rings is 1. The number of nitrogens with one attached hydrogen (secondary N) is 2. The molecule has 18 heavy (non-hydrogen) atoms. The van der Waals surface area contributed by atoms with Crippen LogP contribution in [0.5, 0.6) is 5.75 Å². The zero-order chi connectivity index (χ0) is 13.1. The molecule has 2 aromatic rings. The average Bonchev–Trinajstić information content (AvgIpc) is 2.32. The number of carbonyl (C=O) groups excluding carboxylic acids is 1. The third-order valence-electron chi connectivity index (χ3n) is 2.32. The van der Waals surface area contributed by atoms with Gasteiger partial charge in [0, 0.05) is 6.07 Å². The van der Waals surface area contributed by atoms with E-state index in [0.717, 1.165) is 5.56 Å². The number of H-pyrrole nitrogens is 1. The largest absolute Gasteiger partial charge is 0.507 e. The fraction of sp³-hybridized carbons (Fsp3) is 0.0833. The first-order valence-electron chi connectivity index (χ1n) is 5.23. The highest BCUT2D eigenvalue weighted by Crippen LogP contribution is 2.19. The van der Waals surface area contributed by atoms with E-state index in [0.29, 0.717) is 0 Å². The molecule has 1 heterocycles. The van der Waals surface area contributed by atoms with Crippen LogP contribution in [0.2, 0.25) is 0 Å². The second kappa shape index (κ2) is 4.70. The maximum Gasteiger partial charge on any atom is 0.264 e. The smallest absolute Gasteiger partial charge is 0.264 e. The Kier molecular flexibility index (Phi) is 3.09. The number of amides is 1. The minimum absolute atomic E-state index is 0.100. The van der Waals surface area contributed by atoms with Gasteiger partial charge in [0.1, 0.15) is 5.75 Å². The summed E-state index contributed by atoms with van der Waals surface area (Å²) in [4.78, 5) is 22.6. The Morgan fingerprint density at radius 1 is 1.33 bits per heavy atom. The Bertz CT molecular complexity index is 629. The maximum atomic E-state index is 11.8. The van der Waals surface area contributed by atoms with E-state index in [1.165, 1.54) is 24.3 Å². The summed E-state index contributed by atoms with van der Waals surface area (Å²) in [7, 11) is 0. The number of phenolic OH excluding ortho intramolecular Hbond substituents is 1. The van der Waals surface area contributed by atoms with Gasteiger partial charge in [0.15, 0.2) is 5.82 Å². The molecule has 0 radical (unpaired) electrons. The Morgan fingerprint density at radius 3 is 2.72 bits per heavy atom. The maximum absolute atomic E-state index is 11.8. The van der Waals surface area contributed by atoms with Crippen LogP contribution in [-0.4, -0.2) is 21.2 Å². The molecule has 6 nitrogen and oxygen atoms in total. The van der Waals surface area contributed by atoms with Crippen molar-refractivity contribution < 1.29 is 9.90 Å². The second-order valence-corrected chi connectivity index (χ2v) is 3.78. The van der Waals surface area contributed by atoms with Crippen molar-refractivity contribution in [2.45, 2.75) is 6.92 Å². The van der Waals surface area contributed by atoms with E-state index in [1.807, 2.05) is 6.92 Å². The van der Waals surface area contributed by atoms with Crippen molar-refractivity contribution >= 4 is 11.7 Å². The van der Waals surface area contributed by atoms with E-state index < -0.39 is 5.91 Å². The van der Waals surface area contributed by atoms with Crippen LogP contribution in [-0.2, 0) is 0 Å². The summed E-state index contributed by atoms with van der Waals surface area (Å²) in [5.74, 6) is -0.386. The van der Waals surface area contributed by atoms with Gasteiger partial charge in [-0.25, -0.2) is 5.10 Å². The number of carbonyl (C=O) groups is 1. The molecule has 0 saturated heterocycles. The Balaban J connectivity index is 2.22. The molecule has 1 aromatic carbocycles. The molecule has 1 aromatic heterocycles. The fourth-order valence-corrected chi connectivity index (χ4v) is 1.43. The third-order valence-corrected chi connectivity index (χ3v) is 2.32. The zero-order valence-corrected chi connectivity index (χ0v) is 9.60. The summed E-state index contributed by atoms with van der Waals surface area (Å²) in [6.07, 6.45) is 0. The Morgan fingerprint density at radius 2 is 2.11 bits per heavy atom. The highest BCUT2D eigenvalue weighted by molar-refractivity contribution is 6.05. The fourth-order valence-electron chi connectivity index (χ4n) is 1.43. The van der Waals surface area contributed by atoms with Gasteiger partial charge in [-0.1, -0.05) is 6.07 Å². The minimum Gasteiger partial charge on any atom is -0.507 e. The molecule has 2 rings (SSSR count). The number of aromatic amines is 1. The van der Waals surface area contributed by atoms with Gasteiger partial charge in [0.05, 0.1) is 5.56 Å². The number of aryl methyl sites for hydroxylation is 1. The minimum atomic E-state index is -0.493. The standard InChI is InChI=1S/C12H11N3O3/c1-7-2-3-8(9(16)6-7)12(18)13-10-4-5-11(17)15-14-10/h2-6,16H,1H3,(H,15,17)(H,13,14,18). The molecule has 0 spiro atoms. The molecule has 0 unspecified atom stereocenters. The number of rotatable bonds is 2. The van der Waals surface area contributed by atoms with E-state index in [1.54, 1.807) is 6.07 Å². The molecule has 1 amide bonds. The highest BCUT2D eigenvalue weighted by atomic mass is 16.3. The van der Waals surface area contributed by atoms with Crippen LogP contribution in [0.4, 0.5) is 5.82 Å². The van der Waals surface area contributed by atoms with E-state index in [9.17, 15) is 14.7 Å². The molecule has 0 bridgehead atoms. The molecule has 0 fully saturated rings. The van der Waals surface area contributed by atoms with Crippen molar-refractivity contribution in [3.05, 3.63) is 51.8 Å². The number of hydrogen-bond donors (Lipinski definition) is 3. The number of aromatic nitrogens is 2. The summed E-state index contributed by atoms with van der Waals surface area (Å²) >= 11 is 0. The lowest BCUT2D eigenvalue weighted by Gasteiger charge is -2.06. The molecule has 3 N–H and O–H groups in total. The number of aromatic hydroxyl groups is 1. The molecule has 0 saturated carbocycles. The first-order valence-corrected chi connectivity index (χ1v) is 5.23. The monoisotopic (exact) mass is 245 g/mol. The van der Waals surface area contributed by atoms with E-state index in [-0.39, 0.29) is 22.7 Å². The molecule has 0 aliphatic carbocycles. The third kappa shape index (κ3) is 2.54. The van der Waals surface area contributed by atoms with E-state index in [4.69, 9.17) is 0 Å². The summed E-state index contributed by atoms with van der Waals surface area (Å²) < 4.78 is 0. The number of hydrogen-bond acceptors (Lipinski definition) is 4. The average molecular weight is 245 g/mol. The van der Waals surface area contributed by atoms with Crippen LogP contribution in [0.3, 0.4) is 0 Å².